The molecule has 10 heteroatoms. The molecule has 2 aromatic rings. The van der Waals surface area contributed by atoms with Crippen LogP contribution in [0.4, 0.5) is 29.1 Å². The number of aromatic nitrogens is 1. The van der Waals surface area contributed by atoms with Crippen molar-refractivity contribution >= 4 is 23.2 Å². The maximum Gasteiger partial charge on any atom is 0.419 e. The van der Waals surface area contributed by atoms with Crippen molar-refractivity contribution in [1.82, 2.24) is 9.88 Å². The summed E-state index contributed by atoms with van der Waals surface area (Å²) in [5.41, 5.74) is -0.108. The highest BCUT2D eigenvalue weighted by Crippen LogP contribution is 2.36. The first kappa shape index (κ1) is 24.0. The Morgan fingerprint density at radius 2 is 1.76 bits per heavy atom. The molecule has 0 saturated carbocycles. The number of piperazine rings is 1. The molecule has 3 heterocycles. The Hall–Kier alpha value is -3.17. The average molecular weight is 478 g/mol. The SMILES string of the molecule is CC(=O)c1ccc(N2CCN(C(=O)C3CCCN(c4ncccc4C(F)(F)F)C3)CC2)c(F)c1. The summed E-state index contributed by atoms with van der Waals surface area (Å²) in [5, 5.41) is 0. The second-order valence-corrected chi connectivity index (χ2v) is 8.69. The number of benzene rings is 1. The minimum atomic E-state index is -4.52. The van der Waals surface area contributed by atoms with Crippen molar-refractivity contribution in [3.05, 3.63) is 53.5 Å². The number of alkyl halides is 3. The van der Waals surface area contributed by atoms with Crippen LogP contribution >= 0.6 is 0 Å². The van der Waals surface area contributed by atoms with E-state index in [0.717, 1.165) is 6.07 Å². The second kappa shape index (κ2) is 9.60. The van der Waals surface area contributed by atoms with Gasteiger partial charge in [-0.3, -0.25) is 9.59 Å². The summed E-state index contributed by atoms with van der Waals surface area (Å²) in [6.07, 6.45) is -1.99. The number of rotatable bonds is 4. The summed E-state index contributed by atoms with van der Waals surface area (Å²) < 4.78 is 54.8. The summed E-state index contributed by atoms with van der Waals surface area (Å²) >= 11 is 0. The van der Waals surface area contributed by atoms with Gasteiger partial charge in [-0.25, -0.2) is 9.37 Å². The van der Waals surface area contributed by atoms with E-state index in [4.69, 9.17) is 0 Å². The molecule has 2 fully saturated rings. The van der Waals surface area contributed by atoms with Crippen molar-refractivity contribution in [2.75, 3.05) is 49.1 Å². The van der Waals surface area contributed by atoms with Crippen LogP contribution in [0.25, 0.3) is 0 Å². The van der Waals surface area contributed by atoms with Crippen molar-refractivity contribution in [2.45, 2.75) is 25.9 Å². The maximum atomic E-state index is 14.5. The molecule has 1 unspecified atom stereocenters. The van der Waals surface area contributed by atoms with Gasteiger partial charge in [0.1, 0.15) is 11.6 Å². The number of carbonyl (C=O) groups excluding carboxylic acids is 2. The highest BCUT2D eigenvalue weighted by atomic mass is 19.4. The third-order valence-electron chi connectivity index (χ3n) is 6.45. The monoisotopic (exact) mass is 478 g/mol. The van der Waals surface area contributed by atoms with Gasteiger partial charge in [0.05, 0.1) is 17.2 Å². The Morgan fingerprint density at radius 1 is 1.03 bits per heavy atom. The van der Waals surface area contributed by atoms with Crippen LogP contribution in [0.1, 0.15) is 35.7 Å². The van der Waals surface area contributed by atoms with Gasteiger partial charge in [0, 0.05) is 51.0 Å². The lowest BCUT2D eigenvalue weighted by atomic mass is 9.95. The van der Waals surface area contributed by atoms with Crippen LogP contribution in [0, 0.1) is 11.7 Å². The van der Waals surface area contributed by atoms with Crippen LogP contribution in [0.2, 0.25) is 0 Å². The zero-order valence-corrected chi connectivity index (χ0v) is 18.8. The Bertz CT molecular complexity index is 1070. The number of pyridine rings is 1. The van der Waals surface area contributed by atoms with E-state index in [1.807, 2.05) is 4.90 Å². The van der Waals surface area contributed by atoms with Crippen molar-refractivity contribution in [3.63, 3.8) is 0 Å². The fraction of sp³-hybridized carbons (Fsp3) is 0.458. The van der Waals surface area contributed by atoms with E-state index in [9.17, 15) is 27.2 Å². The molecule has 0 radical (unpaired) electrons. The molecule has 2 aliphatic heterocycles. The third kappa shape index (κ3) is 5.00. The number of hydrogen-bond donors (Lipinski definition) is 0. The average Bonchev–Trinajstić information content (AvgIpc) is 2.83. The van der Waals surface area contributed by atoms with E-state index < -0.39 is 23.5 Å². The molecule has 1 amide bonds. The molecule has 0 bridgehead atoms. The minimum Gasteiger partial charge on any atom is -0.366 e. The summed E-state index contributed by atoms with van der Waals surface area (Å²) in [4.78, 5) is 33.7. The van der Waals surface area contributed by atoms with Crippen LogP contribution in [0.5, 0.6) is 0 Å². The first-order chi connectivity index (χ1) is 16.1. The van der Waals surface area contributed by atoms with Gasteiger partial charge in [-0.1, -0.05) is 0 Å². The lowest BCUT2D eigenvalue weighted by Crippen LogP contribution is -2.53. The molecule has 2 aliphatic rings. The lowest BCUT2D eigenvalue weighted by Gasteiger charge is -2.40. The van der Waals surface area contributed by atoms with E-state index in [2.05, 4.69) is 4.98 Å². The van der Waals surface area contributed by atoms with Crippen LogP contribution in [-0.2, 0) is 11.0 Å². The summed E-state index contributed by atoms with van der Waals surface area (Å²) in [6.45, 7) is 3.60. The number of nitrogens with zero attached hydrogens (tertiary/aromatic N) is 4. The molecule has 0 N–H and O–H groups in total. The first-order valence-electron chi connectivity index (χ1n) is 11.3. The number of Topliss-reactive ketones (excluding diaryl/α,β-unsaturated/α-hetero) is 1. The van der Waals surface area contributed by atoms with Crippen molar-refractivity contribution in [1.29, 1.82) is 0 Å². The molecule has 2 saturated heterocycles. The van der Waals surface area contributed by atoms with E-state index in [1.54, 1.807) is 21.9 Å². The van der Waals surface area contributed by atoms with Crippen molar-refractivity contribution in [3.8, 4) is 0 Å². The first-order valence-corrected chi connectivity index (χ1v) is 11.3. The Labute approximate surface area is 195 Å². The molecule has 1 aromatic carbocycles. The standard InChI is InChI=1S/C24H26F4N4O2/c1-16(33)17-6-7-21(20(25)14-17)30-10-12-31(13-11-30)23(34)18-4-3-9-32(15-18)22-19(24(26,27)28)5-2-8-29-22/h2,5-8,14,18H,3-4,9-13,15H2,1H3. The van der Waals surface area contributed by atoms with Crippen LogP contribution in [0.15, 0.2) is 36.5 Å². The molecule has 0 aliphatic carbocycles. The minimum absolute atomic E-state index is 0.0961. The van der Waals surface area contributed by atoms with Crippen LogP contribution in [-0.4, -0.2) is 60.8 Å². The molecular formula is C24H26F4N4O2. The number of halogens is 4. The fourth-order valence-electron chi connectivity index (χ4n) is 4.65. The Kier molecular flexibility index (Phi) is 6.77. The van der Waals surface area contributed by atoms with Crippen LogP contribution in [0.3, 0.4) is 0 Å². The van der Waals surface area contributed by atoms with Crippen molar-refractivity contribution < 1.29 is 27.2 Å². The zero-order valence-electron chi connectivity index (χ0n) is 18.8. The fourth-order valence-corrected chi connectivity index (χ4v) is 4.65. The topological polar surface area (TPSA) is 56.8 Å². The Morgan fingerprint density at radius 3 is 2.41 bits per heavy atom. The third-order valence-corrected chi connectivity index (χ3v) is 6.45. The molecular weight excluding hydrogens is 452 g/mol. The highest BCUT2D eigenvalue weighted by Gasteiger charge is 2.38. The number of carbonyl (C=O) groups is 2. The molecule has 1 aromatic heterocycles. The zero-order chi connectivity index (χ0) is 24.5. The van der Waals surface area contributed by atoms with Gasteiger partial charge in [0.15, 0.2) is 5.78 Å². The van der Waals surface area contributed by atoms with Gasteiger partial charge in [0.25, 0.3) is 0 Å². The largest absolute Gasteiger partial charge is 0.419 e. The van der Waals surface area contributed by atoms with E-state index in [-0.39, 0.29) is 24.1 Å². The predicted molar refractivity (Wildman–Crippen MR) is 119 cm³/mol. The summed E-state index contributed by atoms with van der Waals surface area (Å²) in [6, 6.07) is 6.65. The van der Waals surface area contributed by atoms with E-state index in [1.165, 1.54) is 25.3 Å². The van der Waals surface area contributed by atoms with E-state index >= 15 is 0 Å². The van der Waals surface area contributed by atoms with Gasteiger partial charge in [-0.15, -0.1) is 0 Å². The second-order valence-electron chi connectivity index (χ2n) is 8.69. The Balaban J connectivity index is 1.40. The van der Waals surface area contributed by atoms with Gasteiger partial charge in [-0.2, -0.15) is 13.2 Å². The number of piperidine rings is 1. The predicted octanol–water partition coefficient (Wildman–Crippen LogP) is 4.01. The number of hydrogen-bond acceptors (Lipinski definition) is 5. The van der Waals surface area contributed by atoms with Crippen LogP contribution < -0.4 is 9.80 Å². The molecule has 182 valence electrons. The van der Waals surface area contributed by atoms with Gasteiger partial charge < -0.3 is 14.7 Å². The lowest BCUT2D eigenvalue weighted by molar-refractivity contribution is -0.137. The van der Waals surface area contributed by atoms with Crippen molar-refractivity contribution in [2.24, 2.45) is 5.92 Å². The van der Waals surface area contributed by atoms with Gasteiger partial charge in [-0.05, 0) is 50.1 Å². The number of anilines is 2. The molecule has 1 atom stereocenters. The summed E-state index contributed by atoms with van der Waals surface area (Å²) in [7, 11) is 0. The summed E-state index contributed by atoms with van der Waals surface area (Å²) in [5.74, 6) is -1.35. The number of ketones is 1. The molecule has 34 heavy (non-hydrogen) atoms. The van der Waals surface area contributed by atoms with Gasteiger partial charge in [0.2, 0.25) is 5.91 Å². The maximum absolute atomic E-state index is 14.5. The smallest absolute Gasteiger partial charge is 0.366 e. The quantitative estimate of drug-likeness (QED) is 0.491. The molecule has 4 rings (SSSR count). The molecule has 0 spiro atoms. The molecule has 6 nitrogen and oxygen atoms in total. The van der Waals surface area contributed by atoms with Gasteiger partial charge >= 0.3 is 6.18 Å². The van der Waals surface area contributed by atoms with E-state index in [0.29, 0.717) is 56.8 Å². The highest BCUT2D eigenvalue weighted by molar-refractivity contribution is 5.94. The number of amides is 1. The normalized spacial score (nSPS) is 19.3.